The third-order valence-electron chi connectivity index (χ3n) is 4.50. The van der Waals surface area contributed by atoms with Gasteiger partial charge in [0, 0.05) is 12.4 Å². The van der Waals surface area contributed by atoms with Crippen LogP contribution in [0, 0.1) is 0 Å². The summed E-state index contributed by atoms with van der Waals surface area (Å²) < 4.78 is 22.2. The van der Waals surface area contributed by atoms with E-state index in [1.54, 1.807) is 30.5 Å². The summed E-state index contributed by atoms with van der Waals surface area (Å²) in [5.41, 5.74) is 0.403. The van der Waals surface area contributed by atoms with Crippen molar-refractivity contribution in [3.05, 3.63) is 59.9 Å². The summed E-state index contributed by atoms with van der Waals surface area (Å²) in [5.74, 6) is -1.34. The predicted molar refractivity (Wildman–Crippen MR) is 90.2 cm³/mol. The maximum Gasteiger partial charge on any atom is 0.342 e. The van der Waals surface area contributed by atoms with E-state index < -0.39 is 36.4 Å². The molecule has 0 amide bonds. The molecule has 0 unspecified atom stereocenters. The van der Waals surface area contributed by atoms with Crippen LogP contribution in [0.2, 0.25) is 0 Å². The Morgan fingerprint density at radius 1 is 0.963 bits per heavy atom. The molecule has 140 valence electrons. The number of rotatable bonds is 4. The van der Waals surface area contributed by atoms with Gasteiger partial charge in [-0.1, -0.05) is 12.1 Å². The Hall–Kier alpha value is -2.97. The Morgan fingerprint density at radius 3 is 2.26 bits per heavy atom. The van der Waals surface area contributed by atoms with Crippen LogP contribution >= 0.6 is 0 Å². The van der Waals surface area contributed by atoms with Gasteiger partial charge in [0.05, 0.1) is 18.8 Å². The quantitative estimate of drug-likeness (QED) is 0.803. The zero-order valence-electron chi connectivity index (χ0n) is 14.2. The molecule has 2 saturated heterocycles. The Labute approximate surface area is 154 Å². The molecule has 2 aromatic rings. The van der Waals surface area contributed by atoms with Gasteiger partial charge in [-0.05, 0) is 24.3 Å². The predicted octanol–water partition coefficient (Wildman–Crippen LogP) is 1.34. The Bertz CT molecular complexity index is 841. The minimum atomic E-state index is -0.665. The number of carbonyl (C=O) groups is 2. The highest BCUT2D eigenvalue weighted by molar-refractivity contribution is 5.92. The van der Waals surface area contributed by atoms with Crippen molar-refractivity contribution < 1.29 is 33.6 Å². The molecular formula is C19H17NO7. The summed E-state index contributed by atoms with van der Waals surface area (Å²) in [5, 5.41) is 9.77. The summed E-state index contributed by atoms with van der Waals surface area (Å²) in [6, 6.07) is 9.37. The summed E-state index contributed by atoms with van der Waals surface area (Å²) in [6.07, 6.45) is 0.678. The highest BCUT2D eigenvalue weighted by Gasteiger charge is 2.51. The van der Waals surface area contributed by atoms with Crippen molar-refractivity contribution in [2.45, 2.75) is 24.4 Å². The molecule has 0 aliphatic carbocycles. The fraction of sp³-hybridized carbons (Fsp3) is 0.316. The van der Waals surface area contributed by atoms with Crippen LogP contribution in [0.1, 0.15) is 20.7 Å². The Balaban J connectivity index is 1.38. The lowest BCUT2D eigenvalue weighted by Crippen LogP contribution is -2.36. The topological polar surface area (TPSA) is 104 Å². The third kappa shape index (κ3) is 3.49. The van der Waals surface area contributed by atoms with Crippen LogP contribution in [0.25, 0.3) is 0 Å². The fourth-order valence-electron chi connectivity index (χ4n) is 3.17. The van der Waals surface area contributed by atoms with Gasteiger partial charge in [0.2, 0.25) is 0 Å². The normalized spacial score (nSPS) is 26.4. The number of benzene rings is 1. The molecule has 0 radical (unpaired) electrons. The van der Waals surface area contributed by atoms with Crippen molar-refractivity contribution in [2.75, 3.05) is 13.2 Å². The number of hydrogen-bond acceptors (Lipinski definition) is 8. The van der Waals surface area contributed by atoms with E-state index in [-0.39, 0.29) is 24.5 Å². The van der Waals surface area contributed by atoms with Crippen LogP contribution in [-0.2, 0) is 18.9 Å². The highest BCUT2D eigenvalue weighted by atomic mass is 16.7. The second kappa shape index (κ2) is 7.34. The number of phenolic OH excluding ortho intramolecular Hbond substituents is 1. The van der Waals surface area contributed by atoms with Crippen molar-refractivity contribution in [3.63, 3.8) is 0 Å². The standard InChI is InChI=1S/C19H17NO7/c21-13-6-2-1-5-12(13)19(23)27-15-10-25-16-14(9-24-17(15)16)26-18(22)11-4-3-7-20-8-11/h1-8,14-17,21H,9-10H2/t14-,15+,16-,17-/m1/s1. The molecule has 4 rings (SSSR count). The monoisotopic (exact) mass is 371 g/mol. The molecule has 0 saturated carbocycles. The average molecular weight is 371 g/mol. The first-order valence-corrected chi connectivity index (χ1v) is 8.46. The molecule has 0 bridgehead atoms. The highest BCUT2D eigenvalue weighted by Crippen LogP contribution is 2.32. The fourth-order valence-corrected chi connectivity index (χ4v) is 3.17. The number of hydrogen-bond donors (Lipinski definition) is 1. The van der Waals surface area contributed by atoms with Gasteiger partial charge in [-0.3, -0.25) is 4.98 Å². The van der Waals surface area contributed by atoms with Gasteiger partial charge in [-0.15, -0.1) is 0 Å². The second-order valence-electron chi connectivity index (χ2n) is 6.24. The molecule has 8 heteroatoms. The lowest BCUT2D eigenvalue weighted by Gasteiger charge is -2.17. The zero-order valence-corrected chi connectivity index (χ0v) is 14.2. The molecule has 3 heterocycles. The SMILES string of the molecule is O=C(O[C@@H]1CO[C@H]2[C@@H]1OC[C@@H]2OC(=O)c1ccccc1O)c1cccnc1. The van der Waals surface area contributed by atoms with Gasteiger partial charge in [0.1, 0.15) is 23.5 Å². The van der Waals surface area contributed by atoms with Crippen molar-refractivity contribution in [2.24, 2.45) is 0 Å². The number of aromatic hydroxyl groups is 1. The van der Waals surface area contributed by atoms with Gasteiger partial charge in [0.15, 0.2) is 12.2 Å². The van der Waals surface area contributed by atoms with Crippen molar-refractivity contribution in [1.82, 2.24) is 4.98 Å². The smallest absolute Gasteiger partial charge is 0.342 e. The number of carbonyl (C=O) groups excluding carboxylic acids is 2. The summed E-state index contributed by atoms with van der Waals surface area (Å²) >= 11 is 0. The number of ether oxygens (including phenoxy) is 4. The number of phenols is 1. The van der Waals surface area contributed by atoms with Gasteiger partial charge in [-0.2, -0.15) is 0 Å². The zero-order chi connectivity index (χ0) is 18.8. The molecule has 8 nitrogen and oxygen atoms in total. The molecule has 1 N–H and O–H groups in total. The number of pyridine rings is 1. The van der Waals surface area contributed by atoms with E-state index in [4.69, 9.17) is 18.9 Å². The number of para-hydroxylation sites is 1. The molecule has 1 aromatic heterocycles. The van der Waals surface area contributed by atoms with E-state index in [9.17, 15) is 14.7 Å². The second-order valence-corrected chi connectivity index (χ2v) is 6.24. The van der Waals surface area contributed by atoms with Crippen LogP contribution in [0.4, 0.5) is 0 Å². The maximum atomic E-state index is 12.3. The lowest BCUT2D eigenvalue weighted by molar-refractivity contribution is -0.0288. The van der Waals surface area contributed by atoms with Gasteiger partial charge < -0.3 is 24.1 Å². The largest absolute Gasteiger partial charge is 0.507 e. The summed E-state index contributed by atoms with van der Waals surface area (Å²) in [4.78, 5) is 28.3. The van der Waals surface area contributed by atoms with Crippen LogP contribution in [0.5, 0.6) is 5.75 Å². The minimum absolute atomic E-state index is 0.0681. The van der Waals surface area contributed by atoms with Crippen LogP contribution in [0.15, 0.2) is 48.8 Å². The first kappa shape index (κ1) is 17.4. The molecule has 4 atom stereocenters. The average Bonchev–Trinajstić information content (AvgIpc) is 3.26. The number of fused-ring (bicyclic) bond motifs is 1. The molecule has 2 aliphatic rings. The summed E-state index contributed by atoms with van der Waals surface area (Å²) in [7, 11) is 0. The Morgan fingerprint density at radius 2 is 1.63 bits per heavy atom. The van der Waals surface area contributed by atoms with Crippen LogP contribution < -0.4 is 0 Å². The number of aromatic nitrogens is 1. The van der Waals surface area contributed by atoms with Crippen molar-refractivity contribution in [1.29, 1.82) is 0 Å². The first-order valence-electron chi connectivity index (χ1n) is 8.46. The minimum Gasteiger partial charge on any atom is -0.507 e. The number of esters is 2. The van der Waals surface area contributed by atoms with E-state index in [1.165, 1.54) is 18.3 Å². The summed E-state index contributed by atoms with van der Waals surface area (Å²) in [6.45, 7) is 0.265. The Kier molecular flexibility index (Phi) is 4.74. The van der Waals surface area contributed by atoms with Crippen LogP contribution in [0.3, 0.4) is 0 Å². The first-order chi connectivity index (χ1) is 13.1. The molecule has 27 heavy (non-hydrogen) atoms. The van der Waals surface area contributed by atoms with Crippen LogP contribution in [-0.4, -0.2) is 59.7 Å². The van der Waals surface area contributed by atoms with Crippen molar-refractivity contribution in [3.8, 4) is 5.75 Å². The molecular weight excluding hydrogens is 354 g/mol. The van der Waals surface area contributed by atoms with Gasteiger partial charge >= 0.3 is 11.9 Å². The van der Waals surface area contributed by atoms with Gasteiger partial charge in [0.25, 0.3) is 0 Å². The van der Waals surface area contributed by atoms with E-state index >= 15 is 0 Å². The molecule has 2 fully saturated rings. The molecule has 1 aromatic carbocycles. The van der Waals surface area contributed by atoms with E-state index in [0.717, 1.165) is 0 Å². The molecule has 0 spiro atoms. The van der Waals surface area contributed by atoms with E-state index in [0.29, 0.717) is 5.56 Å². The third-order valence-corrected chi connectivity index (χ3v) is 4.50. The maximum absolute atomic E-state index is 12.3. The lowest BCUT2D eigenvalue weighted by atomic mass is 10.1. The van der Waals surface area contributed by atoms with Crippen molar-refractivity contribution >= 4 is 11.9 Å². The van der Waals surface area contributed by atoms with E-state index in [1.807, 2.05) is 0 Å². The molecule has 2 aliphatic heterocycles. The van der Waals surface area contributed by atoms with Gasteiger partial charge in [-0.25, -0.2) is 9.59 Å². The van der Waals surface area contributed by atoms with E-state index in [2.05, 4.69) is 4.98 Å². The number of nitrogens with zero attached hydrogens (tertiary/aromatic N) is 1.